The average Bonchev–Trinajstić information content (AvgIpc) is 2.97. The third-order valence-corrected chi connectivity index (χ3v) is 17.3. The van der Waals surface area contributed by atoms with Gasteiger partial charge in [0.15, 0.2) is 0 Å². The Labute approximate surface area is 522 Å². The van der Waals surface area contributed by atoms with Crippen molar-refractivity contribution in [1.82, 2.24) is 0 Å². The van der Waals surface area contributed by atoms with Gasteiger partial charge in [-0.05, 0) is 84.4 Å². The van der Waals surface area contributed by atoms with Crippen LogP contribution in [0, 0.1) is 0 Å². The number of benzene rings is 4. The van der Waals surface area contributed by atoms with Crippen molar-refractivity contribution in [2.75, 3.05) is 171 Å². The summed E-state index contributed by atoms with van der Waals surface area (Å²) in [7, 11) is 32.5. The van der Waals surface area contributed by atoms with E-state index in [1.165, 1.54) is 130 Å². The highest BCUT2D eigenvalue weighted by atomic mass is 35.5. The van der Waals surface area contributed by atoms with Crippen molar-refractivity contribution in [2.45, 2.75) is 103 Å². The number of hydrogen-bond donors (Lipinski definition) is 0. The fourth-order valence-electron chi connectivity index (χ4n) is 12.8. The van der Waals surface area contributed by atoms with Gasteiger partial charge in [0.25, 0.3) is 11.6 Å². The first-order chi connectivity index (χ1) is 39.0. The van der Waals surface area contributed by atoms with Crippen molar-refractivity contribution < 1.29 is 51.9 Å². The Kier molecular flexibility index (Phi) is 24.6. The normalized spacial score (nSPS) is 14.6. The molecule has 2 aliphatic heterocycles. The summed E-state index contributed by atoms with van der Waals surface area (Å²) in [6, 6.07) is 41.5. The number of unbranched alkanes of at least 4 members (excludes halogenated alkanes) is 7. The quantitative estimate of drug-likeness (QED) is 0.0283. The summed E-state index contributed by atoms with van der Waals surface area (Å²) < 4.78 is 9.37. The number of para-hydroxylation sites is 4. The zero-order valence-electron chi connectivity index (χ0n) is 54.7. The third kappa shape index (κ3) is 19.1. The molecular formula is C72H110Cl2N10+4. The van der Waals surface area contributed by atoms with Gasteiger partial charge in [0, 0.05) is 98.3 Å². The van der Waals surface area contributed by atoms with Crippen molar-refractivity contribution in [1.29, 1.82) is 0 Å². The Morgan fingerprint density at radius 2 is 0.690 bits per heavy atom. The Morgan fingerprint density at radius 3 is 1.01 bits per heavy atom. The van der Waals surface area contributed by atoms with Gasteiger partial charge in [-0.2, -0.15) is 0 Å². The van der Waals surface area contributed by atoms with E-state index in [0.717, 1.165) is 122 Å². The molecule has 0 fully saturated rings. The van der Waals surface area contributed by atoms with Crippen LogP contribution in [0.3, 0.4) is 0 Å². The summed E-state index contributed by atoms with van der Waals surface area (Å²) in [6.07, 6.45) is 21.7. The summed E-state index contributed by atoms with van der Waals surface area (Å²) in [6.45, 7) is 10.9. The Morgan fingerprint density at radius 1 is 0.393 bits per heavy atom. The van der Waals surface area contributed by atoms with Crippen LogP contribution in [-0.2, 0) is 25.9 Å². The maximum Gasteiger partial charge on any atom is 0.277 e. The van der Waals surface area contributed by atoms with E-state index < -0.39 is 0 Å². The van der Waals surface area contributed by atoms with Gasteiger partial charge >= 0.3 is 0 Å². The molecular weight excluding hydrogens is 1080 g/mol. The number of anilines is 4. The van der Waals surface area contributed by atoms with Crippen LogP contribution < -0.4 is 53.5 Å². The predicted octanol–water partition coefficient (Wildman–Crippen LogP) is 6.46. The largest absolute Gasteiger partial charge is 1.00 e. The number of pyridine rings is 2. The van der Waals surface area contributed by atoms with Crippen molar-refractivity contribution >= 4 is 57.0 Å². The van der Waals surface area contributed by atoms with Gasteiger partial charge in [-0.1, -0.05) is 98.5 Å². The molecule has 0 unspecified atom stereocenters. The van der Waals surface area contributed by atoms with Gasteiger partial charge in [0.1, 0.15) is 11.0 Å². The summed E-state index contributed by atoms with van der Waals surface area (Å²) in [5.41, 5.74) is 13.6. The maximum absolute atomic E-state index is 2.76. The molecule has 2 aliphatic rings. The number of halogens is 2. The van der Waals surface area contributed by atoms with Gasteiger partial charge in [-0.15, -0.1) is 0 Å². The van der Waals surface area contributed by atoms with E-state index in [1.54, 1.807) is 0 Å². The fraction of sp³-hybridized carbons (Fsp3) is 0.528. The minimum Gasteiger partial charge on any atom is -1.00 e. The lowest BCUT2D eigenvalue weighted by Crippen LogP contribution is -3.00. The molecule has 10 nitrogen and oxygen atoms in total. The first kappa shape index (κ1) is 67.9. The molecule has 0 spiro atoms. The van der Waals surface area contributed by atoms with E-state index in [2.05, 4.69) is 249 Å². The number of fused-ring (bicyclic) bond motifs is 4. The number of likely N-dealkylation sites (N-methyl/N-ethyl adjacent to an activating group) is 2. The summed E-state index contributed by atoms with van der Waals surface area (Å²) in [5, 5.41) is 2.70. The molecule has 0 bridgehead atoms. The van der Waals surface area contributed by atoms with Crippen molar-refractivity contribution in [3.05, 3.63) is 143 Å². The molecule has 4 aromatic carbocycles. The number of aryl methyl sites for hydroxylation is 2. The average molecular weight is 1190 g/mol. The van der Waals surface area contributed by atoms with E-state index in [-0.39, 0.29) is 24.8 Å². The summed E-state index contributed by atoms with van der Waals surface area (Å²) in [4.78, 5) is 10.3. The molecule has 2 aromatic heterocycles. The van der Waals surface area contributed by atoms with Crippen LogP contribution in [0.4, 0.5) is 23.0 Å². The number of nitrogens with zero attached hydrogens (tertiary/aromatic N) is 10. The standard InChI is InChI=1S/C72H110N10.2ClH/c1-73-63(53-59-35-21-25-39-67(59)73)55-61-57-71(75(43-31-49-79(3,4)5)44-32-50-80(6,7)8)77(69-41-27-23-37-65(61)69)47-29-19-17-15-16-18-20-30-48-78-70-42-28-24-38-66(70)62(56-64-54-60-36-22-26-40-68(60)74(64)2)58-72(78)76(45-33-51-81(9,10)11)46-34-52-82(12,13)14;;/h21-28,35-42,55-58H,15-20,29-34,43-54H2,1-14H3;2*1H/q+6;;/p-2. The molecule has 0 saturated carbocycles. The highest BCUT2D eigenvalue weighted by Gasteiger charge is 2.29. The number of aromatic nitrogens is 2. The molecule has 8 rings (SSSR count). The molecule has 4 heterocycles. The lowest BCUT2D eigenvalue weighted by molar-refractivity contribution is -0.870. The Balaban J connectivity index is 0.00000566. The molecule has 0 atom stereocenters. The van der Waals surface area contributed by atoms with E-state index >= 15 is 0 Å². The molecule has 6 aromatic rings. The van der Waals surface area contributed by atoms with Crippen molar-refractivity contribution in [3.63, 3.8) is 0 Å². The molecule has 0 aliphatic carbocycles. The third-order valence-electron chi connectivity index (χ3n) is 17.3. The van der Waals surface area contributed by atoms with Crippen LogP contribution in [0.15, 0.2) is 121 Å². The van der Waals surface area contributed by atoms with E-state index in [9.17, 15) is 0 Å². The lowest BCUT2D eigenvalue weighted by Gasteiger charge is -2.28. The molecule has 0 N–H and O–H groups in total. The number of allylic oxidation sites excluding steroid dienone is 2. The highest BCUT2D eigenvalue weighted by Crippen LogP contribution is 2.37. The van der Waals surface area contributed by atoms with Gasteiger partial charge < -0.3 is 52.5 Å². The topological polar surface area (TPSA) is 20.7 Å². The van der Waals surface area contributed by atoms with Crippen molar-refractivity contribution in [3.8, 4) is 0 Å². The summed E-state index contributed by atoms with van der Waals surface area (Å²) in [5.74, 6) is 2.77. The lowest BCUT2D eigenvalue weighted by atomic mass is 10.0. The number of quaternary nitrogens is 4. The number of rotatable bonds is 31. The van der Waals surface area contributed by atoms with Crippen LogP contribution in [0.1, 0.15) is 99.3 Å². The molecule has 0 radical (unpaired) electrons. The minimum atomic E-state index is 0. The Hall–Kier alpha value is -5.20. The van der Waals surface area contributed by atoms with E-state index in [0.29, 0.717) is 0 Å². The number of hydrogen-bond acceptors (Lipinski definition) is 4. The first-order valence-electron chi connectivity index (χ1n) is 31.7. The second-order valence-electron chi connectivity index (χ2n) is 28.5. The minimum absolute atomic E-state index is 0. The first-order valence-corrected chi connectivity index (χ1v) is 31.7. The second kappa shape index (κ2) is 30.4. The maximum atomic E-state index is 2.76. The van der Waals surface area contributed by atoms with Crippen LogP contribution in [0.2, 0.25) is 0 Å². The van der Waals surface area contributed by atoms with Gasteiger partial charge in [-0.25, -0.2) is 9.13 Å². The Bertz CT molecular complexity index is 2870. The fourth-order valence-corrected chi connectivity index (χ4v) is 12.8. The van der Waals surface area contributed by atoms with Crippen LogP contribution in [-0.4, -0.2) is 169 Å². The molecule has 12 heteroatoms. The van der Waals surface area contributed by atoms with Gasteiger partial charge in [0.05, 0.1) is 150 Å². The zero-order valence-corrected chi connectivity index (χ0v) is 56.3. The van der Waals surface area contributed by atoms with Gasteiger partial charge in [0.2, 0.25) is 0 Å². The second-order valence-corrected chi connectivity index (χ2v) is 28.5. The molecule has 84 heavy (non-hydrogen) atoms. The SMILES string of the molecule is CN1C(=Cc2cc(N(CCC[N+](C)(C)C)CCC[N+](C)(C)C)[n+](CCCCCCCCCC[n+]3c(N(CCC[N+](C)(C)C)CCC[N+](C)(C)C)cc(C=C4Cc5ccccc5N4C)c4ccccc43)c3ccccc23)Cc2ccccc21.[Cl-].[Cl-]. The van der Waals surface area contributed by atoms with Crippen LogP contribution in [0.5, 0.6) is 0 Å². The van der Waals surface area contributed by atoms with Crippen LogP contribution >= 0.6 is 0 Å². The van der Waals surface area contributed by atoms with E-state index in [1.807, 2.05) is 0 Å². The summed E-state index contributed by atoms with van der Waals surface area (Å²) >= 11 is 0. The predicted molar refractivity (Wildman–Crippen MR) is 353 cm³/mol. The smallest absolute Gasteiger partial charge is 0.277 e. The van der Waals surface area contributed by atoms with E-state index in [4.69, 9.17) is 0 Å². The monoisotopic (exact) mass is 1180 g/mol. The molecule has 0 amide bonds. The molecule has 458 valence electrons. The zero-order chi connectivity index (χ0) is 58.7. The molecule has 0 saturated heterocycles. The van der Waals surface area contributed by atoms with Crippen LogP contribution in [0.25, 0.3) is 34.0 Å². The highest BCUT2D eigenvalue weighted by molar-refractivity contribution is 5.90. The van der Waals surface area contributed by atoms with Crippen molar-refractivity contribution in [2.24, 2.45) is 0 Å². The van der Waals surface area contributed by atoms with Gasteiger partial charge in [-0.3, -0.25) is 9.80 Å².